The zero-order valence-corrected chi connectivity index (χ0v) is 28.9. The second kappa shape index (κ2) is 9.68. The number of thioether (sulfide) groups is 2. The van der Waals surface area contributed by atoms with E-state index in [0.717, 1.165) is 31.4 Å². The van der Waals surface area contributed by atoms with E-state index in [1.165, 1.54) is 49.2 Å². The van der Waals surface area contributed by atoms with Gasteiger partial charge in [-0.3, -0.25) is 0 Å². The lowest BCUT2D eigenvalue weighted by atomic mass is 9.48. The van der Waals surface area contributed by atoms with E-state index in [4.69, 9.17) is 0 Å². The molecule has 0 N–H and O–H groups in total. The van der Waals surface area contributed by atoms with E-state index in [1.54, 1.807) is 44.5 Å². The van der Waals surface area contributed by atoms with Crippen LogP contribution in [0.1, 0.15) is 86.6 Å². The molecule has 3 atom stereocenters. The summed E-state index contributed by atoms with van der Waals surface area (Å²) in [4.78, 5) is 2.89. The molecule has 0 saturated heterocycles. The van der Waals surface area contributed by atoms with E-state index >= 15 is 0 Å². The molecule has 1 spiro atoms. The van der Waals surface area contributed by atoms with Crippen molar-refractivity contribution in [3.63, 3.8) is 0 Å². The van der Waals surface area contributed by atoms with Crippen LogP contribution in [0.15, 0.2) is 111 Å². The quantitative estimate of drug-likeness (QED) is 0.201. The molecule has 0 aromatic heterocycles. The molecule has 4 bridgehead atoms. The third-order valence-corrected chi connectivity index (χ3v) is 14.5. The molecule has 0 fully saturated rings. The average Bonchev–Trinajstić information content (AvgIpc) is 3.21. The molecule has 4 aromatic carbocycles. The first-order valence-corrected chi connectivity index (χ1v) is 19.7. The highest BCUT2D eigenvalue weighted by molar-refractivity contribution is 7.99. The first-order valence-electron chi connectivity index (χ1n) is 17.5. The van der Waals surface area contributed by atoms with E-state index in [2.05, 4.69) is 112 Å². The smallest absolute Gasteiger partial charge is 0.0646 e. The van der Waals surface area contributed by atoms with Crippen LogP contribution in [0.2, 0.25) is 0 Å². The molecule has 10 rings (SSSR count). The maximum absolute atomic E-state index is 2.69. The summed E-state index contributed by atoms with van der Waals surface area (Å²) in [5.74, 6) is 2.14. The molecule has 0 heterocycles. The second-order valence-corrected chi connectivity index (χ2v) is 16.4. The first kappa shape index (κ1) is 27.9. The van der Waals surface area contributed by atoms with Crippen LogP contribution in [0, 0.1) is 5.92 Å². The summed E-state index contributed by atoms with van der Waals surface area (Å²) >= 11 is 3.93. The third kappa shape index (κ3) is 3.13. The fraction of sp³-hybridized carbons (Fsp3) is 0.318. The van der Waals surface area contributed by atoms with Gasteiger partial charge in [-0.1, -0.05) is 87.1 Å². The molecule has 3 unspecified atom stereocenters. The number of hydrogen-bond acceptors (Lipinski definition) is 2. The van der Waals surface area contributed by atoms with Gasteiger partial charge in [0.25, 0.3) is 0 Å². The van der Waals surface area contributed by atoms with Crippen molar-refractivity contribution >= 4 is 34.3 Å². The van der Waals surface area contributed by atoms with Crippen molar-refractivity contribution in [1.29, 1.82) is 0 Å². The molecule has 0 nitrogen and oxygen atoms in total. The van der Waals surface area contributed by atoms with Gasteiger partial charge in [-0.05, 0) is 146 Å². The van der Waals surface area contributed by atoms with Crippen molar-refractivity contribution in [2.75, 3.05) is 12.0 Å². The first-order chi connectivity index (χ1) is 22.6. The van der Waals surface area contributed by atoms with Crippen molar-refractivity contribution < 1.29 is 0 Å². The molecule has 0 saturated carbocycles. The summed E-state index contributed by atoms with van der Waals surface area (Å²) in [7, 11) is 0. The highest BCUT2D eigenvalue weighted by atomic mass is 32.2. The van der Waals surface area contributed by atoms with Crippen molar-refractivity contribution in [2.45, 2.75) is 79.4 Å². The monoisotopic (exact) mass is 632 g/mol. The van der Waals surface area contributed by atoms with Crippen LogP contribution in [0.3, 0.4) is 0 Å². The Hall–Kier alpha value is -3.20. The maximum Gasteiger partial charge on any atom is 0.0646 e. The summed E-state index contributed by atoms with van der Waals surface area (Å²) in [5, 5.41) is 2.97. The Morgan fingerprint density at radius 3 is 2.57 bits per heavy atom. The van der Waals surface area contributed by atoms with E-state index < -0.39 is 0 Å². The van der Waals surface area contributed by atoms with E-state index in [9.17, 15) is 0 Å². The summed E-state index contributed by atoms with van der Waals surface area (Å²) in [5.41, 5.74) is 18.6. The van der Waals surface area contributed by atoms with Gasteiger partial charge in [0.1, 0.15) is 0 Å². The lowest BCUT2D eigenvalue weighted by molar-refractivity contribution is 0.486. The fourth-order valence-electron chi connectivity index (χ4n) is 11.0. The summed E-state index contributed by atoms with van der Waals surface area (Å²) in [6, 6.07) is 22.5. The minimum Gasteiger partial charge on any atom is -0.129 e. The van der Waals surface area contributed by atoms with Crippen LogP contribution in [0.4, 0.5) is 0 Å². The van der Waals surface area contributed by atoms with Gasteiger partial charge in [-0.25, -0.2) is 0 Å². The number of rotatable bonds is 5. The predicted octanol–water partition coefficient (Wildman–Crippen LogP) is 12.3. The van der Waals surface area contributed by atoms with Gasteiger partial charge in [0.2, 0.25) is 0 Å². The Kier molecular flexibility index (Phi) is 5.86. The zero-order valence-electron chi connectivity index (χ0n) is 27.3. The molecule has 2 heteroatoms. The van der Waals surface area contributed by atoms with Crippen LogP contribution < -0.4 is 0 Å². The largest absolute Gasteiger partial charge is 0.129 e. The fourth-order valence-corrected chi connectivity index (χ4v) is 12.4. The molecule has 0 radical (unpaired) electrons. The molecule has 46 heavy (non-hydrogen) atoms. The Bertz CT molecular complexity index is 2170. The minimum absolute atomic E-state index is 0.0342. The number of fused-ring (bicyclic) bond motifs is 10. The van der Waals surface area contributed by atoms with Gasteiger partial charge in [-0.2, -0.15) is 0 Å². The zero-order chi connectivity index (χ0) is 30.9. The van der Waals surface area contributed by atoms with Gasteiger partial charge in [0, 0.05) is 21.1 Å². The molecule has 4 aromatic rings. The third-order valence-electron chi connectivity index (χ3n) is 12.8. The lowest BCUT2D eigenvalue weighted by Gasteiger charge is -2.54. The highest BCUT2D eigenvalue weighted by Crippen LogP contribution is 2.69. The predicted molar refractivity (Wildman–Crippen MR) is 199 cm³/mol. The molecule has 228 valence electrons. The number of allylic oxidation sites excluding steroid dienone is 8. The molecular formula is C44H40S2. The van der Waals surface area contributed by atoms with Crippen molar-refractivity contribution in [3.8, 4) is 22.3 Å². The molecule has 0 aliphatic heterocycles. The van der Waals surface area contributed by atoms with E-state index in [-0.39, 0.29) is 10.8 Å². The Morgan fingerprint density at radius 1 is 0.870 bits per heavy atom. The number of hydrogen-bond donors (Lipinski definition) is 0. The van der Waals surface area contributed by atoms with Crippen LogP contribution in [-0.4, -0.2) is 12.0 Å². The lowest BCUT2D eigenvalue weighted by Crippen LogP contribution is -2.44. The topological polar surface area (TPSA) is 0 Å². The van der Waals surface area contributed by atoms with Crippen LogP contribution in [0.5, 0.6) is 0 Å². The van der Waals surface area contributed by atoms with E-state index in [0.29, 0.717) is 11.8 Å². The highest BCUT2D eigenvalue weighted by Gasteiger charge is 2.56. The van der Waals surface area contributed by atoms with Crippen molar-refractivity contribution in [2.24, 2.45) is 5.92 Å². The summed E-state index contributed by atoms with van der Waals surface area (Å²) < 4.78 is 0. The standard InChI is InChI=1S/C44H40S2/c1-5-43(6-2)35-23-28(46-7-3)17-18-31(35)40-32-15-10-16-34-41(32)33(24-37(40)43)30-19-20-38(45-4)39-26-12-9-14-29-25-11-8-13-27(21-25)44(34,42(30)39)36(29)22-26/h8-11,13-20,23-26H,5-7,12,21-22H2,1-4H3. The summed E-state index contributed by atoms with van der Waals surface area (Å²) in [6.45, 7) is 7.11. The SMILES string of the molecule is CCSc1ccc2c(c1)C(CC)(CC)c1cc3c4c(cccc4c1-2)C12C4=CC=CC(C4)C4=C1CC(CC=C4)c1c(SC)ccc-3c12. The van der Waals surface area contributed by atoms with Crippen LogP contribution in [0.25, 0.3) is 33.0 Å². The van der Waals surface area contributed by atoms with Gasteiger partial charge in [0.15, 0.2) is 0 Å². The van der Waals surface area contributed by atoms with Gasteiger partial charge >= 0.3 is 0 Å². The molecule has 6 aliphatic rings. The second-order valence-electron chi connectivity index (χ2n) is 14.2. The Labute approximate surface area is 282 Å². The molecular weight excluding hydrogens is 593 g/mol. The summed E-state index contributed by atoms with van der Waals surface area (Å²) in [6.07, 6.45) is 20.4. The van der Waals surface area contributed by atoms with Crippen molar-refractivity contribution in [1.82, 2.24) is 0 Å². The van der Waals surface area contributed by atoms with Gasteiger partial charge in [-0.15, -0.1) is 23.5 Å². The van der Waals surface area contributed by atoms with Gasteiger partial charge < -0.3 is 0 Å². The molecule has 6 aliphatic carbocycles. The van der Waals surface area contributed by atoms with E-state index in [1.807, 2.05) is 23.5 Å². The van der Waals surface area contributed by atoms with Gasteiger partial charge in [0.05, 0.1) is 5.41 Å². The minimum atomic E-state index is -0.186. The van der Waals surface area contributed by atoms with Crippen LogP contribution in [-0.2, 0) is 10.8 Å². The van der Waals surface area contributed by atoms with Crippen LogP contribution >= 0.6 is 23.5 Å². The normalized spacial score (nSPS) is 24.8. The Balaban J connectivity index is 1.41. The number of benzene rings is 4. The Morgan fingerprint density at radius 2 is 1.74 bits per heavy atom. The molecule has 0 amide bonds. The maximum atomic E-state index is 2.69. The van der Waals surface area contributed by atoms with Crippen molar-refractivity contribution in [3.05, 3.63) is 130 Å². The average molecular weight is 633 g/mol.